The number of nitrogens with two attached hydrogens (primary N) is 1. The Morgan fingerprint density at radius 1 is 1.50 bits per heavy atom. The minimum Gasteiger partial charge on any atom is -0.492 e. The van der Waals surface area contributed by atoms with Crippen molar-refractivity contribution in [2.24, 2.45) is 5.41 Å². The number of hydrogen-bond acceptors (Lipinski definition) is 3. The van der Waals surface area contributed by atoms with Crippen molar-refractivity contribution in [3.05, 3.63) is 23.8 Å². The van der Waals surface area contributed by atoms with E-state index in [0.29, 0.717) is 11.4 Å². The molecule has 0 aliphatic carbocycles. The fourth-order valence-electron chi connectivity index (χ4n) is 1.09. The zero-order chi connectivity index (χ0) is 12.3. The molecule has 4 nitrogen and oxygen atoms in total. The van der Waals surface area contributed by atoms with E-state index in [4.69, 9.17) is 15.6 Å². The number of ether oxygens (including phenoxy) is 1. The first-order valence-electron chi connectivity index (χ1n) is 5.05. The molecule has 0 heterocycles. The number of aliphatic carboxylic acids is 1. The van der Waals surface area contributed by atoms with Crippen LogP contribution in [-0.2, 0) is 4.79 Å². The lowest BCUT2D eigenvalue weighted by Crippen LogP contribution is -2.30. The normalized spacial score (nSPS) is 11.2. The Morgan fingerprint density at radius 3 is 2.69 bits per heavy atom. The van der Waals surface area contributed by atoms with Crippen LogP contribution >= 0.6 is 0 Å². The highest BCUT2D eigenvalue weighted by atomic mass is 16.5. The first-order chi connectivity index (χ1) is 7.33. The van der Waals surface area contributed by atoms with Gasteiger partial charge in [-0.2, -0.15) is 0 Å². The summed E-state index contributed by atoms with van der Waals surface area (Å²) in [5.41, 5.74) is 6.27. The van der Waals surface area contributed by atoms with Gasteiger partial charge in [0.05, 0.1) is 5.41 Å². The second kappa shape index (κ2) is 4.43. The van der Waals surface area contributed by atoms with Gasteiger partial charge in [-0.1, -0.05) is 6.07 Å². The van der Waals surface area contributed by atoms with Gasteiger partial charge in [-0.3, -0.25) is 4.79 Å². The van der Waals surface area contributed by atoms with Crippen molar-refractivity contribution in [1.82, 2.24) is 0 Å². The third kappa shape index (κ3) is 2.89. The molecule has 0 spiro atoms. The number of anilines is 1. The van der Waals surface area contributed by atoms with Gasteiger partial charge in [0.2, 0.25) is 0 Å². The summed E-state index contributed by atoms with van der Waals surface area (Å²) in [6.07, 6.45) is 0. The lowest BCUT2D eigenvalue weighted by Gasteiger charge is -2.20. The maximum Gasteiger partial charge on any atom is 0.312 e. The Hall–Kier alpha value is -1.71. The van der Waals surface area contributed by atoms with Gasteiger partial charge in [0, 0.05) is 11.8 Å². The second-order valence-corrected chi connectivity index (χ2v) is 4.50. The van der Waals surface area contributed by atoms with E-state index in [-0.39, 0.29) is 6.61 Å². The average Bonchev–Trinajstić information content (AvgIpc) is 2.19. The van der Waals surface area contributed by atoms with Crippen molar-refractivity contribution in [2.45, 2.75) is 20.8 Å². The van der Waals surface area contributed by atoms with Crippen molar-refractivity contribution >= 4 is 11.7 Å². The average molecular weight is 223 g/mol. The Kier molecular flexibility index (Phi) is 3.42. The van der Waals surface area contributed by atoms with E-state index in [1.807, 2.05) is 13.0 Å². The van der Waals surface area contributed by atoms with Crippen LogP contribution in [0.25, 0.3) is 0 Å². The molecule has 3 N–H and O–H groups in total. The molecule has 4 heteroatoms. The quantitative estimate of drug-likeness (QED) is 0.766. The van der Waals surface area contributed by atoms with Gasteiger partial charge in [0.1, 0.15) is 12.4 Å². The highest BCUT2D eigenvalue weighted by molar-refractivity contribution is 5.73. The van der Waals surface area contributed by atoms with E-state index in [1.165, 1.54) is 0 Å². The highest BCUT2D eigenvalue weighted by Gasteiger charge is 2.28. The standard InChI is InChI=1S/C12H17NO3/c1-8-4-5-9(13)6-10(8)16-7-12(2,3)11(14)15/h4-6H,7,13H2,1-3H3,(H,14,15). The molecule has 0 atom stereocenters. The minimum atomic E-state index is -0.906. The smallest absolute Gasteiger partial charge is 0.312 e. The molecule has 0 unspecified atom stereocenters. The van der Waals surface area contributed by atoms with E-state index < -0.39 is 11.4 Å². The van der Waals surface area contributed by atoms with Crippen LogP contribution in [0.15, 0.2) is 18.2 Å². The van der Waals surface area contributed by atoms with E-state index in [1.54, 1.807) is 26.0 Å². The van der Waals surface area contributed by atoms with Gasteiger partial charge in [0.25, 0.3) is 0 Å². The topological polar surface area (TPSA) is 72.5 Å². The Bertz CT molecular complexity index is 399. The Morgan fingerprint density at radius 2 is 2.12 bits per heavy atom. The number of nitrogen functional groups attached to an aromatic ring is 1. The molecule has 0 aliphatic heterocycles. The molecular weight excluding hydrogens is 206 g/mol. The number of carboxylic acids is 1. The fraction of sp³-hybridized carbons (Fsp3) is 0.417. The van der Waals surface area contributed by atoms with E-state index in [0.717, 1.165) is 5.56 Å². The summed E-state index contributed by atoms with van der Waals surface area (Å²) in [4.78, 5) is 10.9. The molecule has 0 saturated heterocycles. The first kappa shape index (κ1) is 12.4. The summed E-state index contributed by atoms with van der Waals surface area (Å²) in [7, 11) is 0. The van der Waals surface area contributed by atoms with Gasteiger partial charge in [-0.15, -0.1) is 0 Å². The number of benzene rings is 1. The number of carboxylic acid groups (broad SMARTS) is 1. The molecule has 0 fully saturated rings. The number of rotatable bonds is 4. The zero-order valence-corrected chi connectivity index (χ0v) is 9.78. The van der Waals surface area contributed by atoms with E-state index >= 15 is 0 Å². The van der Waals surface area contributed by atoms with Crippen molar-refractivity contribution in [1.29, 1.82) is 0 Å². The van der Waals surface area contributed by atoms with Crippen LogP contribution in [0.3, 0.4) is 0 Å². The molecule has 88 valence electrons. The third-order valence-electron chi connectivity index (χ3n) is 2.38. The number of hydrogen-bond donors (Lipinski definition) is 2. The molecule has 0 saturated carbocycles. The van der Waals surface area contributed by atoms with Gasteiger partial charge in [0.15, 0.2) is 0 Å². The molecule has 16 heavy (non-hydrogen) atoms. The molecular formula is C12H17NO3. The summed E-state index contributed by atoms with van der Waals surface area (Å²) >= 11 is 0. The van der Waals surface area contributed by atoms with Crippen LogP contribution in [0.5, 0.6) is 5.75 Å². The fourth-order valence-corrected chi connectivity index (χ4v) is 1.09. The predicted molar refractivity (Wildman–Crippen MR) is 62.5 cm³/mol. The van der Waals surface area contributed by atoms with E-state index in [2.05, 4.69) is 0 Å². The Labute approximate surface area is 95.0 Å². The number of carbonyl (C=O) groups is 1. The van der Waals surface area contributed by atoms with Crippen LogP contribution in [-0.4, -0.2) is 17.7 Å². The zero-order valence-electron chi connectivity index (χ0n) is 9.78. The second-order valence-electron chi connectivity index (χ2n) is 4.50. The lowest BCUT2D eigenvalue weighted by atomic mass is 9.95. The van der Waals surface area contributed by atoms with Crippen LogP contribution in [0, 0.1) is 12.3 Å². The molecule has 0 radical (unpaired) electrons. The summed E-state index contributed by atoms with van der Waals surface area (Å²) in [5.74, 6) is -0.247. The summed E-state index contributed by atoms with van der Waals surface area (Å²) in [6.45, 7) is 5.25. The van der Waals surface area contributed by atoms with Crippen LogP contribution in [0.1, 0.15) is 19.4 Å². The molecule has 0 bridgehead atoms. The first-order valence-corrected chi connectivity index (χ1v) is 5.05. The largest absolute Gasteiger partial charge is 0.492 e. The lowest BCUT2D eigenvalue weighted by molar-refractivity contribution is -0.148. The summed E-state index contributed by atoms with van der Waals surface area (Å²) in [6, 6.07) is 5.33. The summed E-state index contributed by atoms with van der Waals surface area (Å²) < 4.78 is 5.48. The van der Waals surface area contributed by atoms with Crippen molar-refractivity contribution in [2.75, 3.05) is 12.3 Å². The van der Waals surface area contributed by atoms with Gasteiger partial charge < -0.3 is 15.6 Å². The third-order valence-corrected chi connectivity index (χ3v) is 2.38. The van der Waals surface area contributed by atoms with Gasteiger partial charge in [-0.05, 0) is 32.4 Å². The van der Waals surface area contributed by atoms with E-state index in [9.17, 15) is 4.79 Å². The van der Waals surface area contributed by atoms with Crippen LogP contribution in [0.4, 0.5) is 5.69 Å². The molecule has 1 rings (SSSR count). The SMILES string of the molecule is Cc1ccc(N)cc1OCC(C)(C)C(=O)O. The van der Waals surface area contributed by atoms with Gasteiger partial charge in [-0.25, -0.2) is 0 Å². The molecule has 1 aromatic carbocycles. The van der Waals surface area contributed by atoms with Crippen molar-refractivity contribution in [3.63, 3.8) is 0 Å². The van der Waals surface area contributed by atoms with Crippen molar-refractivity contribution < 1.29 is 14.6 Å². The summed E-state index contributed by atoms with van der Waals surface area (Å²) in [5, 5.41) is 8.94. The van der Waals surface area contributed by atoms with Crippen LogP contribution in [0.2, 0.25) is 0 Å². The van der Waals surface area contributed by atoms with Gasteiger partial charge >= 0.3 is 5.97 Å². The number of aryl methyl sites for hydroxylation is 1. The molecule has 0 aromatic heterocycles. The maximum absolute atomic E-state index is 10.9. The highest BCUT2D eigenvalue weighted by Crippen LogP contribution is 2.24. The molecule has 1 aromatic rings. The Balaban J connectivity index is 2.75. The van der Waals surface area contributed by atoms with Crippen molar-refractivity contribution in [3.8, 4) is 5.75 Å². The molecule has 0 amide bonds. The maximum atomic E-state index is 10.9. The van der Waals surface area contributed by atoms with Crippen LogP contribution < -0.4 is 10.5 Å². The predicted octanol–water partition coefficient (Wildman–Crippen LogP) is 2.07. The molecule has 0 aliphatic rings. The minimum absolute atomic E-state index is 0.118. The monoisotopic (exact) mass is 223 g/mol.